The fraction of sp³-hybridized carbons (Fsp3) is 0.800. The van der Waals surface area contributed by atoms with Gasteiger partial charge in [0.1, 0.15) is 6.10 Å². The minimum atomic E-state index is -0.630. The van der Waals surface area contributed by atoms with E-state index < -0.39 is 5.60 Å². The van der Waals surface area contributed by atoms with Crippen molar-refractivity contribution < 1.29 is 14.6 Å². The van der Waals surface area contributed by atoms with Crippen LogP contribution in [0.1, 0.15) is 40.0 Å². The van der Waals surface area contributed by atoms with Gasteiger partial charge in [-0.1, -0.05) is 18.6 Å². The van der Waals surface area contributed by atoms with Crippen LogP contribution in [0.3, 0.4) is 0 Å². The fourth-order valence-electron chi connectivity index (χ4n) is 4.23. The number of allylic oxidation sites excluding steroid dienone is 1. The van der Waals surface area contributed by atoms with Crippen molar-refractivity contribution in [3.63, 3.8) is 0 Å². The van der Waals surface area contributed by atoms with E-state index >= 15 is 0 Å². The third-order valence-corrected chi connectivity index (χ3v) is 5.48. The average Bonchev–Trinajstić information content (AvgIpc) is 2.76. The van der Waals surface area contributed by atoms with Crippen molar-refractivity contribution in [2.45, 2.75) is 51.7 Å². The van der Waals surface area contributed by atoms with Gasteiger partial charge in [-0.15, -0.1) is 0 Å². The summed E-state index contributed by atoms with van der Waals surface area (Å²) in [5, 5.41) is 10.7. The molecule has 1 N–H and O–H groups in total. The molecule has 18 heavy (non-hydrogen) atoms. The molecule has 3 rings (SSSR count). The van der Waals surface area contributed by atoms with E-state index in [4.69, 9.17) is 4.74 Å². The number of rotatable bonds is 0. The maximum absolute atomic E-state index is 11.8. The predicted octanol–water partition coefficient (Wildman–Crippen LogP) is 2.29. The van der Waals surface area contributed by atoms with Gasteiger partial charge in [-0.2, -0.15) is 0 Å². The van der Waals surface area contributed by atoms with Crippen LogP contribution in [0.25, 0.3) is 0 Å². The number of esters is 1. The number of carbonyl (C=O) groups is 1. The molecule has 6 atom stereocenters. The standard InChI is InChI=1S/C15H22O3/c1-8-4-5-11-12(8)13-10(6-7-15(11,3)17)9(2)14(16)18-13/h4,9-13,17H,5-7H2,1-3H3/t9-,10-,11+,12+,13-,15-/m0/s1. The van der Waals surface area contributed by atoms with Crippen LogP contribution < -0.4 is 0 Å². The molecule has 0 aromatic heterocycles. The van der Waals surface area contributed by atoms with Crippen molar-refractivity contribution in [3.8, 4) is 0 Å². The first-order valence-corrected chi connectivity index (χ1v) is 7.01. The number of hydrogen-bond donors (Lipinski definition) is 1. The quantitative estimate of drug-likeness (QED) is 0.530. The number of aliphatic hydroxyl groups is 1. The van der Waals surface area contributed by atoms with Gasteiger partial charge in [-0.3, -0.25) is 4.79 Å². The summed E-state index contributed by atoms with van der Waals surface area (Å²) in [6.07, 6.45) is 4.79. The first-order chi connectivity index (χ1) is 8.42. The Balaban J connectivity index is 1.99. The zero-order valence-corrected chi connectivity index (χ0v) is 11.3. The number of fused-ring (bicyclic) bond motifs is 3. The summed E-state index contributed by atoms with van der Waals surface area (Å²) in [4.78, 5) is 11.8. The molecule has 2 fully saturated rings. The molecule has 2 aliphatic carbocycles. The Kier molecular flexibility index (Phi) is 2.60. The second-order valence-corrected chi connectivity index (χ2v) is 6.57. The van der Waals surface area contributed by atoms with Gasteiger partial charge in [0.25, 0.3) is 0 Å². The molecule has 1 saturated carbocycles. The summed E-state index contributed by atoms with van der Waals surface area (Å²) in [6, 6.07) is 0. The molecule has 1 saturated heterocycles. The summed E-state index contributed by atoms with van der Waals surface area (Å²) in [7, 11) is 0. The third-order valence-electron chi connectivity index (χ3n) is 5.48. The lowest BCUT2D eigenvalue weighted by molar-refractivity contribution is -0.146. The number of hydrogen-bond acceptors (Lipinski definition) is 3. The molecule has 100 valence electrons. The van der Waals surface area contributed by atoms with Gasteiger partial charge >= 0.3 is 5.97 Å². The van der Waals surface area contributed by atoms with E-state index in [0.717, 1.165) is 19.3 Å². The van der Waals surface area contributed by atoms with Crippen molar-refractivity contribution >= 4 is 5.97 Å². The molecule has 1 heterocycles. The molecular weight excluding hydrogens is 228 g/mol. The highest BCUT2D eigenvalue weighted by atomic mass is 16.6. The van der Waals surface area contributed by atoms with E-state index in [-0.39, 0.29) is 35.7 Å². The summed E-state index contributed by atoms with van der Waals surface area (Å²) in [5.41, 5.74) is 0.661. The van der Waals surface area contributed by atoms with Crippen LogP contribution in [-0.4, -0.2) is 22.8 Å². The minimum absolute atomic E-state index is 0.00905. The Morgan fingerprint density at radius 2 is 2.22 bits per heavy atom. The van der Waals surface area contributed by atoms with Gasteiger partial charge in [0.2, 0.25) is 0 Å². The van der Waals surface area contributed by atoms with Gasteiger partial charge in [0.15, 0.2) is 0 Å². The first kappa shape index (κ1) is 12.2. The van der Waals surface area contributed by atoms with E-state index in [1.165, 1.54) is 5.57 Å². The second-order valence-electron chi connectivity index (χ2n) is 6.57. The second kappa shape index (κ2) is 3.83. The van der Waals surface area contributed by atoms with E-state index in [1.807, 2.05) is 13.8 Å². The molecule has 3 aliphatic rings. The monoisotopic (exact) mass is 250 g/mol. The van der Waals surface area contributed by atoms with Crippen molar-refractivity contribution in [1.82, 2.24) is 0 Å². The van der Waals surface area contributed by atoms with Crippen molar-refractivity contribution in [2.75, 3.05) is 0 Å². The van der Waals surface area contributed by atoms with Crippen molar-refractivity contribution in [3.05, 3.63) is 11.6 Å². The molecule has 0 bridgehead atoms. The summed E-state index contributed by atoms with van der Waals surface area (Å²) < 4.78 is 5.64. The summed E-state index contributed by atoms with van der Waals surface area (Å²) in [6.45, 7) is 6.03. The van der Waals surface area contributed by atoms with Crippen LogP contribution in [0.15, 0.2) is 11.6 Å². The Morgan fingerprint density at radius 1 is 1.50 bits per heavy atom. The molecule has 1 aliphatic heterocycles. The predicted molar refractivity (Wildman–Crippen MR) is 67.7 cm³/mol. The molecule has 3 heteroatoms. The lowest BCUT2D eigenvalue weighted by Gasteiger charge is -2.34. The Morgan fingerprint density at radius 3 is 2.94 bits per heavy atom. The van der Waals surface area contributed by atoms with Gasteiger partial charge in [0, 0.05) is 17.8 Å². The average molecular weight is 250 g/mol. The van der Waals surface area contributed by atoms with Crippen LogP contribution in [0.5, 0.6) is 0 Å². The van der Waals surface area contributed by atoms with Gasteiger partial charge in [-0.05, 0) is 33.1 Å². The molecule has 0 aromatic rings. The van der Waals surface area contributed by atoms with E-state index in [2.05, 4.69) is 13.0 Å². The molecular formula is C15H22O3. The van der Waals surface area contributed by atoms with E-state index in [0.29, 0.717) is 0 Å². The zero-order valence-electron chi connectivity index (χ0n) is 11.3. The Bertz CT molecular complexity index is 410. The zero-order chi connectivity index (χ0) is 13.1. The van der Waals surface area contributed by atoms with Crippen LogP contribution in [-0.2, 0) is 9.53 Å². The van der Waals surface area contributed by atoms with Crippen molar-refractivity contribution in [2.24, 2.45) is 23.7 Å². The first-order valence-electron chi connectivity index (χ1n) is 7.01. The normalized spacial score (nSPS) is 51.2. The highest BCUT2D eigenvalue weighted by Crippen LogP contribution is 2.52. The lowest BCUT2D eigenvalue weighted by atomic mass is 9.76. The number of carbonyl (C=O) groups excluding carboxylic acids is 1. The molecule has 0 aromatic carbocycles. The molecule has 0 amide bonds. The molecule has 0 radical (unpaired) electrons. The number of ether oxygens (including phenoxy) is 1. The van der Waals surface area contributed by atoms with E-state index in [1.54, 1.807) is 0 Å². The summed E-state index contributed by atoms with van der Waals surface area (Å²) in [5.74, 6) is 0.648. The Labute approximate surface area is 108 Å². The molecule has 3 nitrogen and oxygen atoms in total. The van der Waals surface area contributed by atoms with Crippen LogP contribution >= 0.6 is 0 Å². The Hall–Kier alpha value is -0.830. The fourth-order valence-corrected chi connectivity index (χ4v) is 4.23. The highest BCUT2D eigenvalue weighted by Gasteiger charge is 2.55. The van der Waals surface area contributed by atoms with Crippen LogP contribution in [0.4, 0.5) is 0 Å². The van der Waals surface area contributed by atoms with Crippen LogP contribution in [0, 0.1) is 23.7 Å². The minimum Gasteiger partial charge on any atom is -0.461 e. The van der Waals surface area contributed by atoms with Gasteiger partial charge in [0.05, 0.1) is 11.5 Å². The molecule has 0 spiro atoms. The largest absolute Gasteiger partial charge is 0.461 e. The van der Waals surface area contributed by atoms with Crippen molar-refractivity contribution in [1.29, 1.82) is 0 Å². The smallest absolute Gasteiger partial charge is 0.309 e. The molecule has 0 unspecified atom stereocenters. The maximum atomic E-state index is 11.8. The van der Waals surface area contributed by atoms with Gasteiger partial charge < -0.3 is 9.84 Å². The van der Waals surface area contributed by atoms with Crippen LogP contribution in [0.2, 0.25) is 0 Å². The van der Waals surface area contributed by atoms with E-state index in [9.17, 15) is 9.90 Å². The highest BCUT2D eigenvalue weighted by molar-refractivity contribution is 5.75. The SMILES string of the molecule is CC1=CC[C@@H]2[C@@H]1[C@H]1OC(=O)[C@@H](C)[C@@H]1CC[C@]2(C)O. The lowest BCUT2D eigenvalue weighted by Crippen LogP contribution is -2.39. The maximum Gasteiger partial charge on any atom is 0.309 e. The topological polar surface area (TPSA) is 46.5 Å². The third kappa shape index (κ3) is 1.56. The van der Waals surface area contributed by atoms with Gasteiger partial charge in [-0.25, -0.2) is 0 Å². The summed E-state index contributed by atoms with van der Waals surface area (Å²) >= 11 is 0.